The summed E-state index contributed by atoms with van der Waals surface area (Å²) in [6.07, 6.45) is 3.52. The molecule has 1 aliphatic heterocycles. The summed E-state index contributed by atoms with van der Waals surface area (Å²) >= 11 is 6.26. The molecule has 0 saturated heterocycles. The first-order valence-electron chi connectivity index (χ1n) is 10.5. The quantitative estimate of drug-likeness (QED) is 0.469. The first-order chi connectivity index (χ1) is 15.1. The second-order valence-electron chi connectivity index (χ2n) is 7.67. The molecule has 31 heavy (non-hydrogen) atoms. The lowest BCUT2D eigenvalue weighted by molar-refractivity contribution is 0.271. The Morgan fingerprint density at radius 3 is 2.29 bits per heavy atom. The normalized spacial score (nSPS) is 14.4. The van der Waals surface area contributed by atoms with Gasteiger partial charge in [0.15, 0.2) is 5.15 Å². The number of halogens is 1. The van der Waals surface area contributed by atoms with Crippen molar-refractivity contribution in [3.63, 3.8) is 0 Å². The van der Waals surface area contributed by atoms with Gasteiger partial charge in [0, 0.05) is 24.9 Å². The number of aromatic nitrogens is 2. The van der Waals surface area contributed by atoms with Crippen LogP contribution in [0.15, 0.2) is 75.3 Å². The zero-order valence-corrected chi connectivity index (χ0v) is 18.2. The fourth-order valence-electron chi connectivity index (χ4n) is 3.80. The van der Waals surface area contributed by atoms with Crippen LogP contribution in [0, 0.1) is 0 Å². The number of aliphatic hydroxyl groups excluding tert-OH is 1. The highest BCUT2D eigenvalue weighted by molar-refractivity contribution is 6.30. The maximum Gasteiger partial charge on any atom is 0.224 e. The first-order valence-corrected chi connectivity index (χ1v) is 10.8. The summed E-state index contributed by atoms with van der Waals surface area (Å²) in [5, 5.41) is 26.4. The highest BCUT2D eigenvalue weighted by Crippen LogP contribution is 2.35. The van der Waals surface area contributed by atoms with E-state index in [4.69, 9.17) is 11.6 Å². The number of benzene rings is 2. The Hall–Kier alpha value is -2.90. The van der Waals surface area contributed by atoms with Crippen molar-refractivity contribution in [2.75, 3.05) is 0 Å². The molecule has 0 radical (unpaired) electrons. The molecular formula is C23H25ClN6O. The number of hydrogen-bond acceptors (Lipinski definition) is 6. The van der Waals surface area contributed by atoms with E-state index in [2.05, 4.69) is 56.8 Å². The van der Waals surface area contributed by atoms with Gasteiger partial charge in [-0.2, -0.15) is 0 Å². The van der Waals surface area contributed by atoms with Gasteiger partial charge >= 0.3 is 0 Å². The number of aryl methyl sites for hydroxylation is 1. The number of aliphatic hydroxyl groups is 1. The molecule has 0 spiro atoms. The monoisotopic (exact) mass is 436 g/mol. The minimum absolute atomic E-state index is 0.133. The van der Waals surface area contributed by atoms with Gasteiger partial charge in [0.1, 0.15) is 5.82 Å². The molecule has 7 nitrogen and oxygen atoms in total. The summed E-state index contributed by atoms with van der Waals surface area (Å²) in [6.45, 7) is 2.62. The van der Waals surface area contributed by atoms with Crippen molar-refractivity contribution in [1.29, 1.82) is 0 Å². The molecule has 1 aromatic heterocycles. The van der Waals surface area contributed by atoms with Crippen LogP contribution in [0.4, 0.5) is 0 Å². The lowest BCUT2D eigenvalue weighted by atomic mass is 9.93. The Morgan fingerprint density at radius 2 is 1.65 bits per heavy atom. The Bertz CT molecular complexity index is 1060. The van der Waals surface area contributed by atoms with Crippen LogP contribution in [0.2, 0.25) is 5.15 Å². The van der Waals surface area contributed by atoms with E-state index in [0.717, 1.165) is 41.8 Å². The van der Waals surface area contributed by atoms with Crippen molar-refractivity contribution in [2.45, 2.75) is 51.4 Å². The third-order valence-electron chi connectivity index (χ3n) is 5.52. The average molecular weight is 437 g/mol. The van der Waals surface area contributed by atoms with Crippen LogP contribution in [0.25, 0.3) is 0 Å². The van der Waals surface area contributed by atoms with Crippen LogP contribution in [-0.2, 0) is 31.7 Å². The van der Waals surface area contributed by atoms with Crippen LogP contribution >= 0.6 is 11.6 Å². The number of rotatable bonds is 9. The second-order valence-corrected chi connectivity index (χ2v) is 8.03. The summed E-state index contributed by atoms with van der Waals surface area (Å²) in [6, 6.07) is 18.2. The molecule has 2 heterocycles. The molecule has 0 saturated carbocycles. The molecule has 0 aliphatic carbocycles. The largest absolute Gasteiger partial charge is 0.390 e. The third kappa shape index (κ3) is 4.57. The Kier molecular flexibility index (Phi) is 6.53. The van der Waals surface area contributed by atoms with E-state index in [1.54, 1.807) is 0 Å². The van der Waals surface area contributed by atoms with E-state index >= 15 is 0 Å². The van der Waals surface area contributed by atoms with Gasteiger partial charge in [-0.15, -0.1) is 10.2 Å². The lowest BCUT2D eigenvalue weighted by Gasteiger charge is -2.20. The average Bonchev–Trinajstić information content (AvgIpc) is 3.39. The van der Waals surface area contributed by atoms with E-state index in [-0.39, 0.29) is 6.61 Å². The van der Waals surface area contributed by atoms with Gasteiger partial charge < -0.3 is 9.67 Å². The molecule has 0 amide bonds. The highest BCUT2D eigenvalue weighted by atomic mass is 35.5. The summed E-state index contributed by atoms with van der Waals surface area (Å²) < 4.78 is 2.03. The van der Waals surface area contributed by atoms with Gasteiger partial charge in [-0.1, -0.05) is 79.5 Å². The fraction of sp³-hybridized carbons (Fsp3) is 0.348. The van der Waals surface area contributed by atoms with E-state index in [1.807, 2.05) is 34.9 Å². The van der Waals surface area contributed by atoms with Crippen LogP contribution in [0.3, 0.4) is 0 Å². The lowest BCUT2D eigenvalue weighted by Crippen LogP contribution is -2.22. The summed E-state index contributed by atoms with van der Waals surface area (Å²) in [5.41, 5.74) is 3.01. The summed E-state index contributed by atoms with van der Waals surface area (Å²) in [4.78, 5) is 4.47. The number of nitrogens with zero attached hydrogens (tertiary/aromatic N) is 6. The molecule has 0 fully saturated rings. The maximum atomic E-state index is 9.77. The van der Waals surface area contributed by atoms with E-state index < -0.39 is 5.66 Å². The minimum atomic E-state index is -0.808. The molecule has 0 unspecified atom stereocenters. The summed E-state index contributed by atoms with van der Waals surface area (Å²) in [7, 11) is 0. The van der Waals surface area contributed by atoms with Gasteiger partial charge in [-0.3, -0.25) is 0 Å². The zero-order valence-electron chi connectivity index (χ0n) is 17.4. The van der Waals surface area contributed by atoms with Crippen LogP contribution in [-0.4, -0.2) is 14.7 Å². The number of hydrogen-bond donors (Lipinski definition) is 1. The maximum absolute atomic E-state index is 9.77. The fourth-order valence-corrected chi connectivity index (χ4v) is 4.06. The summed E-state index contributed by atoms with van der Waals surface area (Å²) in [5.74, 6) is 0.912. The molecular weight excluding hydrogens is 412 g/mol. The van der Waals surface area contributed by atoms with E-state index in [9.17, 15) is 5.11 Å². The molecule has 3 aromatic rings. The second kappa shape index (κ2) is 9.49. The van der Waals surface area contributed by atoms with Crippen molar-refractivity contribution < 1.29 is 5.11 Å². The van der Waals surface area contributed by atoms with Crippen molar-refractivity contribution in [3.8, 4) is 0 Å². The van der Waals surface area contributed by atoms with Crippen molar-refractivity contribution in [2.24, 2.45) is 20.7 Å². The van der Waals surface area contributed by atoms with Crippen molar-refractivity contribution in [3.05, 3.63) is 88.0 Å². The van der Waals surface area contributed by atoms with Crippen LogP contribution in [0.1, 0.15) is 48.0 Å². The van der Waals surface area contributed by atoms with Gasteiger partial charge in [0.25, 0.3) is 0 Å². The molecule has 4 rings (SSSR count). The van der Waals surface area contributed by atoms with Crippen LogP contribution < -0.4 is 0 Å². The highest BCUT2D eigenvalue weighted by Gasteiger charge is 2.35. The molecule has 1 aliphatic rings. The Labute approximate surface area is 186 Å². The smallest absolute Gasteiger partial charge is 0.224 e. The first kappa shape index (κ1) is 21.3. The van der Waals surface area contributed by atoms with Crippen molar-refractivity contribution in [1.82, 2.24) is 9.55 Å². The third-order valence-corrected chi connectivity index (χ3v) is 5.82. The van der Waals surface area contributed by atoms with Gasteiger partial charge in [0.05, 0.1) is 12.3 Å². The minimum Gasteiger partial charge on any atom is -0.390 e. The predicted octanol–water partition coefficient (Wildman–Crippen LogP) is 5.65. The van der Waals surface area contributed by atoms with E-state index in [1.165, 1.54) is 0 Å². The molecule has 8 heteroatoms. The number of unbranched alkanes of at least 4 members (excludes halogenated alkanes) is 1. The van der Waals surface area contributed by atoms with E-state index in [0.29, 0.717) is 23.8 Å². The standard InChI is InChI=1S/C23H25ClN6O/c1-2-3-9-21-25-22(24)20(16-31)30(21)15-18-12-10-17(11-13-18)14-23(26-28-29-27-23)19-7-5-4-6-8-19/h4-8,10-13,31H,2-3,9,14-16H2,1H3. The van der Waals surface area contributed by atoms with Gasteiger partial charge in [-0.25, -0.2) is 4.98 Å². The molecule has 0 bridgehead atoms. The SMILES string of the molecule is CCCCc1nc(Cl)c(CO)n1Cc1ccc(CC2(c3ccccc3)N=NN=N2)cc1. The van der Waals surface area contributed by atoms with Crippen LogP contribution in [0.5, 0.6) is 0 Å². The van der Waals surface area contributed by atoms with Gasteiger partial charge in [0.2, 0.25) is 5.66 Å². The van der Waals surface area contributed by atoms with Gasteiger partial charge in [-0.05, 0) is 28.0 Å². The molecule has 0 atom stereocenters. The zero-order chi connectivity index (χ0) is 21.7. The Morgan fingerprint density at radius 1 is 0.968 bits per heavy atom. The number of imidazole rings is 1. The Balaban J connectivity index is 1.54. The molecule has 1 N–H and O–H groups in total. The predicted molar refractivity (Wildman–Crippen MR) is 119 cm³/mol. The topological polar surface area (TPSA) is 87.5 Å². The molecule has 160 valence electrons. The molecule has 2 aromatic carbocycles. The van der Waals surface area contributed by atoms with Crippen molar-refractivity contribution >= 4 is 11.6 Å².